The Morgan fingerprint density at radius 2 is 1.94 bits per heavy atom. The number of carbonyl (C=O) groups excluding carboxylic acids is 1. The number of aromatic nitrogens is 5. The van der Waals surface area contributed by atoms with Gasteiger partial charge in [-0.2, -0.15) is 23.3 Å². The molecular weight excluding hydrogens is 437 g/mol. The number of halogens is 3. The Hall–Kier alpha value is -3.70. The number of likely N-dealkylation sites (N-methyl/N-ethyl adjacent to an activating group) is 1. The van der Waals surface area contributed by atoms with Crippen molar-refractivity contribution in [2.45, 2.75) is 46.1 Å². The first-order valence-corrected chi connectivity index (χ1v) is 10.2. The van der Waals surface area contributed by atoms with Crippen molar-refractivity contribution < 1.29 is 18.0 Å². The van der Waals surface area contributed by atoms with Crippen LogP contribution in [-0.4, -0.2) is 43.7 Å². The largest absolute Gasteiger partial charge is 0.433 e. The van der Waals surface area contributed by atoms with E-state index in [9.17, 15) is 18.0 Å². The lowest BCUT2D eigenvalue weighted by Gasteiger charge is -2.32. The highest BCUT2D eigenvalue weighted by Gasteiger charge is 2.34. The van der Waals surface area contributed by atoms with Crippen LogP contribution >= 0.6 is 0 Å². The number of carbonyl (C=O) groups is 1. The lowest BCUT2D eigenvalue weighted by molar-refractivity contribution is -0.141. The summed E-state index contributed by atoms with van der Waals surface area (Å²) < 4.78 is 40.3. The number of aryl methyl sites for hydroxylation is 2. The maximum absolute atomic E-state index is 12.9. The molecule has 3 aromatic rings. The van der Waals surface area contributed by atoms with E-state index >= 15 is 0 Å². The first-order valence-electron chi connectivity index (χ1n) is 10.2. The summed E-state index contributed by atoms with van der Waals surface area (Å²) in [7, 11) is 1.81. The van der Waals surface area contributed by atoms with Gasteiger partial charge in [0.1, 0.15) is 17.4 Å². The third-order valence-electron chi connectivity index (χ3n) is 5.50. The molecule has 3 aromatic heterocycles. The number of fused-ring (bicyclic) bond motifs is 1. The number of rotatable bonds is 5. The molecule has 4 heterocycles. The number of nitrogens with zero attached hydrogens (tertiary/aromatic N) is 6. The van der Waals surface area contributed by atoms with Crippen molar-refractivity contribution >= 4 is 23.4 Å². The van der Waals surface area contributed by atoms with Gasteiger partial charge in [0.25, 0.3) is 0 Å². The van der Waals surface area contributed by atoms with Crippen molar-refractivity contribution in [1.82, 2.24) is 24.7 Å². The minimum atomic E-state index is -4.47. The predicted octanol–water partition coefficient (Wildman–Crippen LogP) is 3.14. The van der Waals surface area contributed by atoms with Crippen LogP contribution in [0.5, 0.6) is 0 Å². The average molecular weight is 460 g/mol. The standard InChI is InChI=1S/C21H23F3N8O/c1-11-5-14(6-25-17(11)21(22,23)24)9-32-10-15(8-27-32)7-26-20-28-12(2)16-18(30-20)31(4)13(3)19(33)29-16/h5-6,8,10,13H,7,9H2,1-4H3,(H,29,33)(H,26,28,30)/t13-/m0/s1. The second-order valence-electron chi connectivity index (χ2n) is 8.01. The summed E-state index contributed by atoms with van der Waals surface area (Å²) in [5.41, 5.74) is 1.91. The normalized spacial score (nSPS) is 15.9. The van der Waals surface area contributed by atoms with Gasteiger partial charge < -0.3 is 15.5 Å². The fraction of sp³-hybridized carbons (Fsp3) is 0.381. The Morgan fingerprint density at radius 3 is 2.64 bits per heavy atom. The summed E-state index contributed by atoms with van der Waals surface area (Å²) in [5, 5.41) is 10.3. The molecule has 0 fully saturated rings. The van der Waals surface area contributed by atoms with E-state index in [-0.39, 0.29) is 17.5 Å². The molecule has 33 heavy (non-hydrogen) atoms. The van der Waals surface area contributed by atoms with Crippen LogP contribution in [0.15, 0.2) is 24.7 Å². The topological polar surface area (TPSA) is 101 Å². The van der Waals surface area contributed by atoms with Gasteiger partial charge in [-0.15, -0.1) is 0 Å². The van der Waals surface area contributed by atoms with Gasteiger partial charge in [-0.3, -0.25) is 14.5 Å². The molecule has 0 unspecified atom stereocenters. The van der Waals surface area contributed by atoms with E-state index < -0.39 is 11.9 Å². The number of pyridine rings is 1. The summed E-state index contributed by atoms with van der Waals surface area (Å²) in [4.78, 5) is 26.3. The Kier molecular flexibility index (Phi) is 5.68. The lowest BCUT2D eigenvalue weighted by Crippen LogP contribution is -2.44. The van der Waals surface area contributed by atoms with Crippen molar-refractivity contribution in [3.8, 4) is 0 Å². The quantitative estimate of drug-likeness (QED) is 0.603. The molecule has 1 aliphatic rings. The molecule has 0 spiro atoms. The van der Waals surface area contributed by atoms with Crippen LogP contribution in [-0.2, 0) is 24.1 Å². The maximum atomic E-state index is 12.9. The molecule has 0 radical (unpaired) electrons. The molecule has 0 saturated carbocycles. The molecule has 12 heteroatoms. The molecule has 0 aliphatic carbocycles. The van der Waals surface area contributed by atoms with Crippen molar-refractivity contribution in [2.24, 2.45) is 0 Å². The first kappa shape index (κ1) is 22.5. The lowest BCUT2D eigenvalue weighted by atomic mass is 10.1. The molecule has 2 N–H and O–H groups in total. The zero-order chi connectivity index (χ0) is 23.9. The fourth-order valence-corrected chi connectivity index (χ4v) is 3.59. The number of anilines is 3. The smallest absolute Gasteiger partial charge is 0.350 e. The maximum Gasteiger partial charge on any atom is 0.433 e. The Bertz CT molecular complexity index is 1210. The molecule has 1 aliphatic heterocycles. The average Bonchev–Trinajstić information content (AvgIpc) is 3.18. The Labute approximate surface area is 188 Å². The Balaban J connectivity index is 1.43. The van der Waals surface area contributed by atoms with Crippen molar-refractivity contribution in [3.63, 3.8) is 0 Å². The highest BCUT2D eigenvalue weighted by molar-refractivity contribution is 6.03. The summed E-state index contributed by atoms with van der Waals surface area (Å²) in [6, 6.07) is 1.12. The Morgan fingerprint density at radius 1 is 1.18 bits per heavy atom. The molecule has 9 nitrogen and oxygen atoms in total. The number of hydrogen-bond acceptors (Lipinski definition) is 7. The van der Waals surface area contributed by atoms with E-state index in [2.05, 4.69) is 30.7 Å². The van der Waals surface area contributed by atoms with Gasteiger partial charge in [-0.1, -0.05) is 6.07 Å². The molecule has 1 atom stereocenters. The van der Waals surface area contributed by atoms with Crippen LogP contribution in [0, 0.1) is 13.8 Å². The molecule has 1 amide bonds. The second kappa shape index (κ2) is 8.34. The first-order chi connectivity index (χ1) is 15.5. The minimum Gasteiger partial charge on any atom is -0.350 e. The number of hydrogen-bond donors (Lipinski definition) is 2. The van der Waals surface area contributed by atoms with Crippen LogP contribution in [0.1, 0.15) is 35.0 Å². The third-order valence-corrected chi connectivity index (χ3v) is 5.50. The van der Waals surface area contributed by atoms with Crippen LogP contribution < -0.4 is 15.5 Å². The zero-order valence-corrected chi connectivity index (χ0v) is 18.5. The molecular formula is C21H23F3N8O. The van der Waals surface area contributed by atoms with Crippen molar-refractivity contribution in [3.05, 3.63) is 52.7 Å². The number of alkyl halides is 3. The van der Waals surface area contributed by atoms with E-state index in [1.807, 2.05) is 0 Å². The van der Waals surface area contributed by atoms with Gasteiger partial charge in [-0.05, 0) is 31.9 Å². The highest BCUT2D eigenvalue weighted by Crippen LogP contribution is 2.32. The van der Waals surface area contributed by atoms with Gasteiger partial charge in [0.05, 0.1) is 18.4 Å². The monoisotopic (exact) mass is 460 g/mol. The summed E-state index contributed by atoms with van der Waals surface area (Å²) in [6.07, 6.45) is 0.203. The minimum absolute atomic E-state index is 0.0736. The molecule has 0 aromatic carbocycles. The van der Waals surface area contributed by atoms with Gasteiger partial charge in [-0.25, -0.2) is 4.98 Å². The fourth-order valence-electron chi connectivity index (χ4n) is 3.59. The van der Waals surface area contributed by atoms with E-state index in [0.29, 0.717) is 41.8 Å². The SMILES string of the molecule is Cc1cc(Cn2cc(CNc3nc(C)c4c(n3)N(C)[C@@H](C)C(=O)N4)cn2)cnc1C(F)(F)F. The molecule has 4 rings (SSSR count). The van der Waals surface area contributed by atoms with Crippen molar-refractivity contribution in [1.29, 1.82) is 0 Å². The van der Waals surface area contributed by atoms with Gasteiger partial charge in [0.15, 0.2) is 5.82 Å². The van der Waals surface area contributed by atoms with Crippen LogP contribution in [0.3, 0.4) is 0 Å². The van der Waals surface area contributed by atoms with E-state index in [0.717, 1.165) is 5.56 Å². The van der Waals surface area contributed by atoms with Gasteiger partial charge in [0, 0.05) is 31.5 Å². The molecule has 174 valence electrons. The van der Waals surface area contributed by atoms with Gasteiger partial charge >= 0.3 is 6.18 Å². The second-order valence-corrected chi connectivity index (χ2v) is 8.01. The summed E-state index contributed by atoms with van der Waals surface area (Å²) >= 11 is 0. The van der Waals surface area contributed by atoms with Crippen molar-refractivity contribution in [2.75, 3.05) is 22.6 Å². The highest BCUT2D eigenvalue weighted by atomic mass is 19.4. The zero-order valence-electron chi connectivity index (χ0n) is 18.5. The predicted molar refractivity (Wildman–Crippen MR) is 116 cm³/mol. The van der Waals surface area contributed by atoms with Crippen LogP contribution in [0.25, 0.3) is 0 Å². The number of amides is 1. The summed E-state index contributed by atoms with van der Waals surface area (Å²) in [6.45, 7) is 5.68. The van der Waals surface area contributed by atoms with Crippen LogP contribution in [0.4, 0.5) is 30.6 Å². The van der Waals surface area contributed by atoms with E-state index in [4.69, 9.17) is 0 Å². The molecule has 0 bridgehead atoms. The van der Waals surface area contributed by atoms with E-state index in [1.54, 1.807) is 42.9 Å². The van der Waals surface area contributed by atoms with Gasteiger partial charge in [0.2, 0.25) is 11.9 Å². The third kappa shape index (κ3) is 4.59. The molecule has 0 saturated heterocycles. The van der Waals surface area contributed by atoms with Crippen LogP contribution in [0.2, 0.25) is 0 Å². The summed E-state index contributed by atoms with van der Waals surface area (Å²) in [5.74, 6) is 0.943. The van der Waals surface area contributed by atoms with E-state index in [1.165, 1.54) is 19.2 Å². The number of nitrogens with one attached hydrogen (secondary N) is 2.